The first-order chi connectivity index (χ1) is 15.2. The van der Waals surface area contributed by atoms with Gasteiger partial charge >= 0.3 is 12.2 Å². The van der Waals surface area contributed by atoms with Crippen molar-refractivity contribution in [2.75, 3.05) is 19.7 Å². The molecule has 1 N–H and O–H groups in total. The molecule has 1 aromatic carbocycles. The van der Waals surface area contributed by atoms with Gasteiger partial charge in [-0.25, -0.2) is 9.59 Å². The predicted molar refractivity (Wildman–Crippen MR) is 133 cm³/mol. The van der Waals surface area contributed by atoms with E-state index in [1.54, 1.807) is 4.90 Å². The Hall–Kier alpha value is -2.06. The number of nitrogens with one attached hydrogen (secondary N) is 1. The molecule has 0 spiro atoms. The van der Waals surface area contributed by atoms with Gasteiger partial charge in [0.05, 0.1) is 6.04 Å². The Morgan fingerprint density at radius 1 is 1.06 bits per heavy atom. The third-order valence-corrected chi connectivity index (χ3v) is 10.7. The van der Waals surface area contributed by atoms with Crippen LogP contribution >= 0.6 is 0 Å². The third kappa shape index (κ3) is 9.01. The molecule has 8 heteroatoms. The molecule has 1 aliphatic heterocycles. The lowest BCUT2D eigenvalue weighted by Gasteiger charge is -2.41. The van der Waals surface area contributed by atoms with Crippen molar-refractivity contribution in [1.29, 1.82) is 0 Å². The Labute approximate surface area is 200 Å². The van der Waals surface area contributed by atoms with Gasteiger partial charge in [-0.3, -0.25) is 0 Å². The molecule has 186 valence electrons. The number of carbonyl (C=O) groups excluding carboxylic acids is 2. The molecule has 1 heterocycles. The van der Waals surface area contributed by atoms with E-state index in [0.29, 0.717) is 19.7 Å². The Morgan fingerprint density at radius 2 is 1.70 bits per heavy atom. The van der Waals surface area contributed by atoms with E-state index in [1.807, 2.05) is 51.1 Å². The van der Waals surface area contributed by atoms with Crippen LogP contribution in [0.1, 0.15) is 53.5 Å². The summed E-state index contributed by atoms with van der Waals surface area (Å²) in [6.45, 7) is 18.2. The van der Waals surface area contributed by atoms with Crippen molar-refractivity contribution in [3.05, 3.63) is 35.9 Å². The van der Waals surface area contributed by atoms with Crippen LogP contribution < -0.4 is 5.32 Å². The molecule has 0 saturated carbocycles. The number of hydrogen-bond donors (Lipinski definition) is 1. The van der Waals surface area contributed by atoms with Crippen LogP contribution in [0.2, 0.25) is 18.1 Å². The summed E-state index contributed by atoms with van der Waals surface area (Å²) in [7, 11) is -1.93. The number of alkyl carbamates (subject to hydrolysis) is 1. The van der Waals surface area contributed by atoms with E-state index in [4.69, 9.17) is 13.9 Å². The fraction of sp³-hybridized carbons (Fsp3) is 0.680. The Balaban J connectivity index is 2.05. The van der Waals surface area contributed by atoms with E-state index in [1.165, 1.54) is 0 Å². The number of carbonyl (C=O) groups is 2. The molecule has 2 amide bonds. The fourth-order valence-electron chi connectivity index (χ4n) is 3.41. The number of ether oxygens (including phenoxy) is 2. The maximum absolute atomic E-state index is 12.9. The van der Waals surface area contributed by atoms with E-state index in [9.17, 15) is 9.59 Å². The highest BCUT2D eigenvalue weighted by atomic mass is 28.4. The van der Waals surface area contributed by atoms with Crippen molar-refractivity contribution in [3.63, 3.8) is 0 Å². The SMILES string of the molecule is CC(C)(C)OC(=O)N[C@H]1C[C@@H](CO[Si](C)(C)C(C)(C)C)CN(C(=O)OCc2ccccc2)C1. The molecule has 0 bridgehead atoms. The lowest BCUT2D eigenvalue weighted by Crippen LogP contribution is -2.54. The second-order valence-corrected chi connectivity index (χ2v) is 16.3. The second-order valence-electron chi connectivity index (χ2n) is 11.5. The number of nitrogens with zero attached hydrogens (tertiary/aromatic N) is 1. The summed E-state index contributed by atoms with van der Waals surface area (Å²) in [5, 5.41) is 3.04. The molecule has 2 rings (SSSR count). The van der Waals surface area contributed by atoms with Crippen LogP contribution in [0.5, 0.6) is 0 Å². The summed E-state index contributed by atoms with van der Waals surface area (Å²) in [4.78, 5) is 26.9. The van der Waals surface area contributed by atoms with Crippen LogP contribution in [0, 0.1) is 5.92 Å². The minimum absolute atomic E-state index is 0.0945. The van der Waals surface area contributed by atoms with E-state index >= 15 is 0 Å². The highest BCUT2D eigenvalue weighted by Gasteiger charge is 2.39. The summed E-state index contributed by atoms with van der Waals surface area (Å²) in [5.74, 6) is 0.0945. The number of benzene rings is 1. The maximum atomic E-state index is 12.9. The quantitative estimate of drug-likeness (QED) is 0.542. The molecule has 0 aliphatic carbocycles. The maximum Gasteiger partial charge on any atom is 0.410 e. The minimum Gasteiger partial charge on any atom is -0.445 e. The number of piperidine rings is 1. The molecule has 0 unspecified atom stereocenters. The molecule has 1 fully saturated rings. The van der Waals surface area contributed by atoms with Crippen LogP contribution in [0.15, 0.2) is 30.3 Å². The van der Waals surface area contributed by atoms with Gasteiger partial charge < -0.3 is 24.1 Å². The first-order valence-corrected chi connectivity index (χ1v) is 14.7. The monoisotopic (exact) mass is 478 g/mol. The molecule has 0 aromatic heterocycles. The number of hydrogen-bond acceptors (Lipinski definition) is 5. The van der Waals surface area contributed by atoms with E-state index in [2.05, 4.69) is 39.2 Å². The summed E-state index contributed by atoms with van der Waals surface area (Å²) in [6.07, 6.45) is -0.140. The first kappa shape index (κ1) is 27.2. The van der Waals surface area contributed by atoms with Crippen molar-refractivity contribution in [2.24, 2.45) is 5.92 Å². The van der Waals surface area contributed by atoms with Crippen LogP contribution in [0.25, 0.3) is 0 Å². The van der Waals surface area contributed by atoms with Gasteiger partial charge in [-0.15, -0.1) is 0 Å². The van der Waals surface area contributed by atoms with Gasteiger partial charge in [0.2, 0.25) is 0 Å². The zero-order chi connectivity index (χ0) is 24.9. The van der Waals surface area contributed by atoms with Crippen molar-refractivity contribution < 1.29 is 23.5 Å². The van der Waals surface area contributed by atoms with Gasteiger partial charge in [0, 0.05) is 25.6 Å². The zero-order valence-electron chi connectivity index (χ0n) is 21.6. The minimum atomic E-state index is -1.93. The van der Waals surface area contributed by atoms with Gasteiger partial charge in [0.1, 0.15) is 12.2 Å². The van der Waals surface area contributed by atoms with Gasteiger partial charge in [0.15, 0.2) is 8.32 Å². The molecular formula is C25H42N2O5Si. The van der Waals surface area contributed by atoms with E-state index < -0.39 is 20.0 Å². The average Bonchev–Trinajstić information content (AvgIpc) is 2.69. The second kappa shape index (κ2) is 10.9. The van der Waals surface area contributed by atoms with Gasteiger partial charge in [0.25, 0.3) is 0 Å². The van der Waals surface area contributed by atoms with Crippen molar-refractivity contribution >= 4 is 20.5 Å². The molecule has 2 atom stereocenters. The van der Waals surface area contributed by atoms with Gasteiger partial charge in [-0.05, 0) is 50.9 Å². The van der Waals surface area contributed by atoms with Gasteiger partial charge in [-0.2, -0.15) is 0 Å². The fourth-order valence-corrected chi connectivity index (χ4v) is 4.49. The largest absolute Gasteiger partial charge is 0.445 e. The highest BCUT2D eigenvalue weighted by Crippen LogP contribution is 2.37. The Bertz CT molecular complexity index is 786. The molecule has 0 radical (unpaired) electrons. The van der Waals surface area contributed by atoms with Crippen LogP contribution in [0.4, 0.5) is 9.59 Å². The third-order valence-electron chi connectivity index (χ3n) is 6.21. The van der Waals surface area contributed by atoms with Crippen LogP contribution in [-0.2, 0) is 20.5 Å². The standard InChI is InChI=1S/C25H42N2O5Si/c1-24(2,3)32-22(28)26-21-14-20(18-31-33(7,8)25(4,5)6)15-27(16-21)23(29)30-17-19-12-10-9-11-13-19/h9-13,20-21H,14-18H2,1-8H3,(H,26,28)/t20-,21+/m1/s1. The number of amides is 2. The lowest BCUT2D eigenvalue weighted by atomic mass is 9.95. The van der Waals surface area contributed by atoms with Crippen molar-refractivity contribution in [3.8, 4) is 0 Å². The Morgan fingerprint density at radius 3 is 2.27 bits per heavy atom. The summed E-state index contributed by atoms with van der Waals surface area (Å²) >= 11 is 0. The van der Waals surface area contributed by atoms with Crippen LogP contribution in [-0.4, -0.2) is 56.7 Å². The normalized spacial score (nSPS) is 19.7. The van der Waals surface area contributed by atoms with Gasteiger partial charge in [-0.1, -0.05) is 51.1 Å². The summed E-state index contributed by atoms with van der Waals surface area (Å²) < 4.78 is 17.4. The number of rotatable bonds is 6. The molecule has 33 heavy (non-hydrogen) atoms. The smallest absolute Gasteiger partial charge is 0.410 e. The molecule has 7 nitrogen and oxygen atoms in total. The van der Waals surface area contributed by atoms with Crippen molar-refractivity contribution in [2.45, 2.75) is 84.3 Å². The van der Waals surface area contributed by atoms with Crippen molar-refractivity contribution in [1.82, 2.24) is 10.2 Å². The lowest BCUT2D eigenvalue weighted by molar-refractivity contribution is 0.0373. The predicted octanol–water partition coefficient (Wildman–Crippen LogP) is 5.56. The van der Waals surface area contributed by atoms with E-state index in [0.717, 1.165) is 12.0 Å². The highest BCUT2D eigenvalue weighted by molar-refractivity contribution is 6.74. The first-order valence-electron chi connectivity index (χ1n) is 11.8. The van der Waals surface area contributed by atoms with Crippen LogP contribution in [0.3, 0.4) is 0 Å². The molecule has 1 aliphatic rings. The Kier molecular flexibility index (Phi) is 8.99. The molecule has 1 aromatic rings. The summed E-state index contributed by atoms with van der Waals surface area (Å²) in [5.41, 5.74) is 0.349. The summed E-state index contributed by atoms with van der Waals surface area (Å²) in [6, 6.07) is 9.37. The molecular weight excluding hydrogens is 436 g/mol. The molecule has 1 saturated heterocycles. The average molecular weight is 479 g/mol. The topological polar surface area (TPSA) is 77.1 Å². The van der Waals surface area contributed by atoms with E-state index in [-0.39, 0.29) is 29.7 Å². The number of likely N-dealkylation sites (tertiary alicyclic amines) is 1. The zero-order valence-corrected chi connectivity index (χ0v) is 22.6.